The van der Waals surface area contributed by atoms with Gasteiger partial charge in [-0.1, -0.05) is 25.1 Å². The first-order chi connectivity index (χ1) is 8.85. The van der Waals surface area contributed by atoms with Gasteiger partial charge < -0.3 is 10.4 Å². The molecule has 19 heavy (non-hydrogen) atoms. The highest BCUT2D eigenvalue weighted by Crippen LogP contribution is 2.15. The summed E-state index contributed by atoms with van der Waals surface area (Å²) in [6, 6.07) is 8.37. The fourth-order valence-electron chi connectivity index (χ4n) is 1.47. The van der Waals surface area contributed by atoms with E-state index in [4.69, 9.17) is 5.11 Å². The van der Waals surface area contributed by atoms with Crippen LogP contribution in [0.5, 0.6) is 0 Å². The fraction of sp³-hybridized carbons (Fsp3) is 0.429. The second kappa shape index (κ2) is 6.22. The van der Waals surface area contributed by atoms with Crippen LogP contribution < -0.4 is 10.2 Å². The molecule has 0 aliphatic rings. The summed E-state index contributed by atoms with van der Waals surface area (Å²) in [5.41, 5.74) is 0.192. The molecule has 2 N–H and O–H groups in total. The Balaban J connectivity index is 2.92. The van der Waals surface area contributed by atoms with Gasteiger partial charge in [-0.25, -0.2) is 4.79 Å². The molecule has 0 bridgehead atoms. The van der Waals surface area contributed by atoms with E-state index in [0.29, 0.717) is 5.69 Å². The normalized spacial score (nSPS) is 10.9. The van der Waals surface area contributed by atoms with E-state index >= 15 is 0 Å². The first-order valence-corrected chi connectivity index (χ1v) is 6.22. The van der Waals surface area contributed by atoms with Crippen molar-refractivity contribution in [3.63, 3.8) is 0 Å². The van der Waals surface area contributed by atoms with Crippen molar-refractivity contribution in [2.24, 2.45) is 0 Å². The van der Waals surface area contributed by atoms with Gasteiger partial charge in [0.15, 0.2) is 0 Å². The number of para-hydroxylation sites is 1. The lowest BCUT2D eigenvalue weighted by molar-refractivity contribution is -0.135. The van der Waals surface area contributed by atoms with Gasteiger partial charge in [0.2, 0.25) is 0 Å². The Kier molecular flexibility index (Phi) is 4.92. The average molecular weight is 264 g/mol. The molecule has 0 saturated carbocycles. The molecule has 0 fully saturated rings. The SMILES string of the molecule is CCC(C)(C)NC(=O)N(CC(=O)O)c1ccccc1. The number of carbonyl (C=O) groups is 2. The maximum atomic E-state index is 12.2. The number of carbonyl (C=O) groups excluding carboxylic acids is 1. The molecule has 0 aliphatic carbocycles. The van der Waals surface area contributed by atoms with Crippen LogP contribution >= 0.6 is 0 Å². The highest BCUT2D eigenvalue weighted by molar-refractivity contribution is 5.96. The van der Waals surface area contributed by atoms with Gasteiger partial charge in [0, 0.05) is 11.2 Å². The minimum absolute atomic E-state index is 0.365. The van der Waals surface area contributed by atoms with E-state index in [1.165, 1.54) is 4.90 Å². The van der Waals surface area contributed by atoms with Crippen LogP contribution in [0.1, 0.15) is 27.2 Å². The predicted octanol–water partition coefficient (Wildman–Crippen LogP) is 2.48. The van der Waals surface area contributed by atoms with E-state index in [-0.39, 0.29) is 12.1 Å². The molecule has 0 heterocycles. The number of rotatable bonds is 5. The van der Waals surface area contributed by atoms with Crippen molar-refractivity contribution in [1.29, 1.82) is 0 Å². The van der Waals surface area contributed by atoms with Gasteiger partial charge in [-0.3, -0.25) is 9.69 Å². The first-order valence-electron chi connectivity index (χ1n) is 6.22. The van der Waals surface area contributed by atoms with E-state index in [1.54, 1.807) is 24.3 Å². The summed E-state index contributed by atoms with van der Waals surface area (Å²) in [7, 11) is 0. The summed E-state index contributed by atoms with van der Waals surface area (Å²) in [6.07, 6.45) is 0.758. The van der Waals surface area contributed by atoms with Crippen molar-refractivity contribution in [2.75, 3.05) is 11.4 Å². The molecule has 1 rings (SSSR count). The molecule has 0 radical (unpaired) electrons. The molecular formula is C14H20N2O3. The minimum atomic E-state index is -1.05. The second-order valence-electron chi connectivity index (χ2n) is 4.98. The van der Waals surface area contributed by atoms with E-state index in [2.05, 4.69) is 5.32 Å². The van der Waals surface area contributed by atoms with Crippen LogP contribution in [0.15, 0.2) is 30.3 Å². The number of hydrogen-bond acceptors (Lipinski definition) is 2. The number of anilines is 1. The molecule has 0 unspecified atom stereocenters. The number of amides is 2. The van der Waals surface area contributed by atoms with Crippen LogP contribution in [0, 0.1) is 0 Å². The topological polar surface area (TPSA) is 69.6 Å². The van der Waals surface area contributed by atoms with Crippen molar-refractivity contribution in [3.05, 3.63) is 30.3 Å². The van der Waals surface area contributed by atoms with Crippen LogP contribution in [-0.4, -0.2) is 29.2 Å². The second-order valence-corrected chi connectivity index (χ2v) is 4.98. The van der Waals surface area contributed by atoms with Crippen molar-refractivity contribution < 1.29 is 14.7 Å². The third kappa shape index (κ3) is 4.62. The molecule has 0 spiro atoms. The molecule has 2 amide bonds. The van der Waals surface area contributed by atoms with Crippen LogP contribution in [0.25, 0.3) is 0 Å². The minimum Gasteiger partial charge on any atom is -0.480 e. The monoisotopic (exact) mass is 264 g/mol. The Morgan fingerprint density at radius 1 is 1.26 bits per heavy atom. The first kappa shape index (κ1) is 15.0. The summed E-state index contributed by atoms with van der Waals surface area (Å²) in [6.45, 7) is 5.39. The number of nitrogens with one attached hydrogen (secondary N) is 1. The number of benzene rings is 1. The molecule has 5 nitrogen and oxygen atoms in total. The number of nitrogens with zero attached hydrogens (tertiary/aromatic N) is 1. The zero-order valence-electron chi connectivity index (χ0n) is 11.5. The quantitative estimate of drug-likeness (QED) is 0.858. The predicted molar refractivity (Wildman–Crippen MR) is 74.3 cm³/mol. The maximum Gasteiger partial charge on any atom is 0.323 e. The van der Waals surface area contributed by atoms with Crippen LogP contribution in [-0.2, 0) is 4.79 Å². The van der Waals surface area contributed by atoms with Crippen molar-refractivity contribution >= 4 is 17.7 Å². The number of aliphatic carboxylic acids is 1. The summed E-state index contributed by atoms with van der Waals surface area (Å²) >= 11 is 0. The average Bonchev–Trinajstić information content (AvgIpc) is 2.36. The summed E-state index contributed by atoms with van der Waals surface area (Å²) in [4.78, 5) is 24.3. The van der Waals surface area contributed by atoms with Crippen molar-refractivity contribution in [2.45, 2.75) is 32.7 Å². The lowest BCUT2D eigenvalue weighted by atomic mass is 10.0. The van der Waals surface area contributed by atoms with E-state index in [9.17, 15) is 9.59 Å². The maximum absolute atomic E-state index is 12.2. The summed E-state index contributed by atoms with van der Waals surface area (Å²) in [5, 5.41) is 11.8. The fourth-order valence-corrected chi connectivity index (χ4v) is 1.47. The van der Waals surface area contributed by atoms with Gasteiger partial charge in [0.1, 0.15) is 6.54 Å². The van der Waals surface area contributed by atoms with E-state index in [1.807, 2.05) is 26.8 Å². The van der Waals surface area contributed by atoms with Crippen LogP contribution in [0.4, 0.5) is 10.5 Å². The molecule has 1 aromatic carbocycles. The number of carboxylic acid groups (broad SMARTS) is 1. The zero-order chi connectivity index (χ0) is 14.5. The third-order valence-electron chi connectivity index (χ3n) is 2.94. The van der Waals surface area contributed by atoms with Gasteiger partial charge in [-0.05, 0) is 32.4 Å². The lowest BCUT2D eigenvalue weighted by Gasteiger charge is -2.29. The standard InChI is InChI=1S/C14H20N2O3/c1-4-14(2,3)15-13(19)16(10-12(17)18)11-8-6-5-7-9-11/h5-9H,4,10H2,1-3H3,(H,15,19)(H,17,18). The molecule has 5 heteroatoms. The smallest absolute Gasteiger partial charge is 0.323 e. The molecule has 0 atom stereocenters. The highest BCUT2D eigenvalue weighted by atomic mass is 16.4. The number of carboxylic acids is 1. The molecule has 0 aliphatic heterocycles. The molecule has 104 valence electrons. The van der Waals surface area contributed by atoms with Gasteiger partial charge in [-0.15, -0.1) is 0 Å². The van der Waals surface area contributed by atoms with Crippen LogP contribution in [0.2, 0.25) is 0 Å². The summed E-state index contributed by atoms with van der Waals surface area (Å²) in [5.74, 6) is -1.05. The lowest BCUT2D eigenvalue weighted by Crippen LogP contribution is -2.51. The van der Waals surface area contributed by atoms with Gasteiger partial charge in [0.25, 0.3) is 0 Å². The molecular weight excluding hydrogens is 244 g/mol. The Hall–Kier alpha value is -2.04. The van der Waals surface area contributed by atoms with E-state index in [0.717, 1.165) is 6.42 Å². The Morgan fingerprint density at radius 2 is 1.84 bits per heavy atom. The van der Waals surface area contributed by atoms with Crippen molar-refractivity contribution in [1.82, 2.24) is 5.32 Å². The highest BCUT2D eigenvalue weighted by Gasteiger charge is 2.24. The van der Waals surface area contributed by atoms with Gasteiger partial charge >= 0.3 is 12.0 Å². The Morgan fingerprint density at radius 3 is 2.32 bits per heavy atom. The number of hydrogen-bond donors (Lipinski definition) is 2. The van der Waals surface area contributed by atoms with E-state index < -0.39 is 12.0 Å². The molecule has 1 aromatic rings. The Bertz CT molecular complexity index is 443. The molecule has 0 aromatic heterocycles. The van der Waals surface area contributed by atoms with Gasteiger partial charge in [0.05, 0.1) is 0 Å². The van der Waals surface area contributed by atoms with Gasteiger partial charge in [-0.2, -0.15) is 0 Å². The number of urea groups is 1. The summed E-state index contributed by atoms with van der Waals surface area (Å²) < 4.78 is 0. The largest absolute Gasteiger partial charge is 0.480 e. The third-order valence-corrected chi connectivity index (χ3v) is 2.94. The van der Waals surface area contributed by atoms with Crippen molar-refractivity contribution in [3.8, 4) is 0 Å². The Labute approximate surface area is 113 Å². The zero-order valence-corrected chi connectivity index (χ0v) is 11.5. The molecule has 0 saturated heterocycles. The van der Waals surface area contributed by atoms with Crippen LogP contribution in [0.3, 0.4) is 0 Å².